The Morgan fingerprint density at radius 2 is 1.59 bits per heavy atom. The van der Waals surface area contributed by atoms with Gasteiger partial charge in [0.1, 0.15) is 23.0 Å². The number of amides is 2. The van der Waals surface area contributed by atoms with Gasteiger partial charge in [0.05, 0.1) is 51.9 Å². The summed E-state index contributed by atoms with van der Waals surface area (Å²) in [7, 11) is 6.06. The van der Waals surface area contributed by atoms with Crippen LogP contribution in [0.2, 0.25) is 0 Å². The van der Waals surface area contributed by atoms with Crippen LogP contribution >= 0.6 is 0 Å². The molecule has 0 aliphatic carbocycles. The van der Waals surface area contributed by atoms with Crippen LogP contribution in [0.5, 0.6) is 23.0 Å². The highest BCUT2D eigenvalue weighted by atomic mass is 16.5. The molecule has 1 saturated heterocycles. The van der Waals surface area contributed by atoms with E-state index in [0.29, 0.717) is 40.1 Å². The molecule has 0 bridgehead atoms. The minimum Gasteiger partial charge on any atom is -0.497 e. The predicted molar refractivity (Wildman–Crippen MR) is 126 cm³/mol. The zero-order valence-corrected chi connectivity index (χ0v) is 19.3. The number of carbonyl (C=O) groups excluding carboxylic acids is 2. The van der Waals surface area contributed by atoms with Gasteiger partial charge in [-0.25, -0.2) is 0 Å². The fraction of sp³-hybridized carbons (Fsp3) is 0.240. The van der Waals surface area contributed by atoms with Gasteiger partial charge in [-0.15, -0.1) is 0 Å². The van der Waals surface area contributed by atoms with Gasteiger partial charge < -0.3 is 24.3 Å². The first kappa shape index (κ1) is 22.9. The van der Waals surface area contributed by atoms with Crippen LogP contribution in [0.15, 0.2) is 60.8 Å². The summed E-state index contributed by atoms with van der Waals surface area (Å²) in [6, 6.07) is 15.4. The fourth-order valence-electron chi connectivity index (χ4n) is 4.06. The molecule has 1 N–H and O–H groups in total. The molecule has 176 valence electrons. The maximum absolute atomic E-state index is 14.0. The molecule has 0 saturated carbocycles. The summed E-state index contributed by atoms with van der Waals surface area (Å²) in [5, 5.41) is 2.91. The van der Waals surface area contributed by atoms with E-state index in [1.54, 1.807) is 60.8 Å². The van der Waals surface area contributed by atoms with Crippen molar-refractivity contribution in [3.8, 4) is 23.0 Å². The van der Waals surface area contributed by atoms with Crippen LogP contribution in [-0.4, -0.2) is 45.2 Å². The van der Waals surface area contributed by atoms with E-state index in [-0.39, 0.29) is 12.3 Å². The van der Waals surface area contributed by atoms with Crippen molar-refractivity contribution in [2.75, 3.05) is 38.7 Å². The maximum Gasteiger partial charge on any atom is 0.257 e. The lowest BCUT2D eigenvalue weighted by Crippen LogP contribution is -2.67. The second-order valence-electron chi connectivity index (χ2n) is 7.54. The minimum atomic E-state index is -1.42. The van der Waals surface area contributed by atoms with Crippen molar-refractivity contribution in [1.29, 1.82) is 0 Å². The standard InChI is InChI=1S/C25H25N3O6/c1-31-16-8-10-20(33-3)18(13-16)27-24(30)25(22-7-5-6-12-26-22)15-23(29)28(25)19-14-17(32-2)9-11-21(19)34-4/h5-14H,15H2,1-4H3,(H,27,30). The Balaban J connectivity index is 1.85. The van der Waals surface area contributed by atoms with E-state index in [9.17, 15) is 9.59 Å². The normalized spacial score (nSPS) is 16.9. The van der Waals surface area contributed by atoms with Crippen LogP contribution in [-0.2, 0) is 15.1 Å². The predicted octanol–water partition coefficient (Wildman–Crippen LogP) is 3.39. The van der Waals surface area contributed by atoms with E-state index in [0.717, 1.165) is 0 Å². The van der Waals surface area contributed by atoms with Crippen molar-refractivity contribution >= 4 is 23.2 Å². The molecule has 34 heavy (non-hydrogen) atoms. The van der Waals surface area contributed by atoms with E-state index in [1.807, 2.05) is 0 Å². The molecule has 1 aliphatic rings. The third-order valence-corrected chi connectivity index (χ3v) is 5.78. The van der Waals surface area contributed by atoms with Crippen LogP contribution in [0.4, 0.5) is 11.4 Å². The first-order valence-electron chi connectivity index (χ1n) is 10.5. The monoisotopic (exact) mass is 463 g/mol. The minimum absolute atomic E-state index is 0.0809. The van der Waals surface area contributed by atoms with Crippen LogP contribution in [0.3, 0.4) is 0 Å². The number of ether oxygens (including phenoxy) is 4. The van der Waals surface area contributed by atoms with Gasteiger partial charge in [-0.1, -0.05) is 6.07 Å². The van der Waals surface area contributed by atoms with Gasteiger partial charge in [0, 0.05) is 18.3 Å². The third-order valence-electron chi connectivity index (χ3n) is 5.78. The lowest BCUT2D eigenvalue weighted by molar-refractivity contribution is -0.137. The number of hydrogen-bond acceptors (Lipinski definition) is 7. The Bertz CT molecular complexity index is 1220. The van der Waals surface area contributed by atoms with E-state index < -0.39 is 11.4 Å². The highest BCUT2D eigenvalue weighted by Crippen LogP contribution is 2.49. The number of anilines is 2. The summed E-state index contributed by atoms with van der Waals surface area (Å²) in [4.78, 5) is 32.8. The Labute approximate surface area is 197 Å². The second-order valence-corrected chi connectivity index (χ2v) is 7.54. The largest absolute Gasteiger partial charge is 0.497 e. The highest BCUT2D eigenvalue weighted by Gasteiger charge is 2.60. The SMILES string of the molecule is COc1ccc(OC)c(NC(=O)C2(c3ccccn3)CC(=O)N2c2cc(OC)ccc2OC)c1. The molecular formula is C25H25N3O6. The van der Waals surface area contributed by atoms with Gasteiger partial charge in [0.15, 0.2) is 5.54 Å². The summed E-state index contributed by atoms with van der Waals surface area (Å²) < 4.78 is 21.6. The molecule has 2 heterocycles. The Morgan fingerprint density at radius 1 is 0.912 bits per heavy atom. The van der Waals surface area contributed by atoms with Gasteiger partial charge in [0.25, 0.3) is 5.91 Å². The number of pyridine rings is 1. The molecule has 2 amide bonds. The second kappa shape index (κ2) is 9.30. The summed E-state index contributed by atoms with van der Waals surface area (Å²) in [5.74, 6) is 1.20. The molecule has 1 atom stereocenters. The molecule has 2 aromatic carbocycles. The van der Waals surface area contributed by atoms with Crippen molar-refractivity contribution in [3.05, 3.63) is 66.5 Å². The van der Waals surface area contributed by atoms with Crippen LogP contribution in [0, 0.1) is 0 Å². The summed E-state index contributed by atoms with van der Waals surface area (Å²) >= 11 is 0. The topological polar surface area (TPSA) is 99.2 Å². The number of nitrogens with one attached hydrogen (secondary N) is 1. The molecule has 1 aromatic heterocycles. The molecule has 1 aliphatic heterocycles. The highest BCUT2D eigenvalue weighted by molar-refractivity contribution is 6.17. The van der Waals surface area contributed by atoms with Gasteiger partial charge in [-0.05, 0) is 36.4 Å². The van der Waals surface area contributed by atoms with E-state index in [4.69, 9.17) is 18.9 Å². The quantitative estimate of drug-likeness (QED) is 0.511. The van der Waals surface area contributed by atoms with Gasteiger partial charge in [-0.2, -0.15) is 0 Å². The van der Waals surface area contributed by atoms with E-state index in [1.165, 1.54) is 33.3 Å². The number of nitrogens with zero attached hydrogens (tertiary/aromatic N) is 2. The Kier molecular flexibility index (Phi) is 6.27. The smallest absolute Gasteiger partial charge is 0.257 e. The first-order valence-corrected chi connectivity index (χ1v) is 10.5. The number of aromatic nitrogens is 1. The van der Waals surface area contributed by atoms with Gasteiger partial charge in [0.2, 0.25) is 5.91 Å². The molecule has 1 unspecified atom stereocenters. The molecule has 0 radical (unpaired) electrons. The zero-order valence-electron chi connectivity index (χ0n) is 19.3. The molecule has 4 rings (SSSR count). The average molecular weight is 463 g/mol. The van der Waals surface area contributed by atoms with Crippen molar-refractivity contribution in [3.63, 3.8) is 0 Å². The number of β-lactam (4-membered cyclic amide) rings is 1. The first-order chi connectivity index (χ1) is 16.5. The van der Waals surface area contributed by atoms with Crippen LogP contribution in [0.25, 0.3) is 0 Å². The number of benzene rings is 2. The molecule has 9 nitrogen and oxygen atoms in total. The molecule has 3 aromatic rings. The Morgan fingerprint density at radius 3 is 2.18 bits per heavy atom. The molecule has 9 heteroatoms. The summed E-state index contributed by atoms with van der Waals surface area (Å²) in [5.41, 5.74) is -0.207. The van der Waals surface area contributed by atoms with Crippen LogP contribution in [0.1, 0.15) is 12.1 Å². The van der Waals surface area contributed by atoms with E-state index >= 15 is 0 Å². The van der Waals surface area contributed by atoms with Crippen molar-refractivity contribution in [1.82, 2.24) is 4.98 Å². The van der Waals surface area contributed by atoms with Crippen molar-refractivity contribution in [2.24, 2.45) is 0 Å². The number of hydrogen-bond donors (Lipinski definition) is 1. The lowest BCUT2D eigenvalue weighted by Gasteiger charge is -2.50. The summed E-state index contributed by atoms with van der Waals surface area (Å²) in [6.07, 6.45) is 1.50. The van der Waals surface area contributed by atoms with Crippen molar-refractivity contribution in [2.45, 2.75) is 12.0 Å². The molecular weight excluding hydrogens is 438 g/mol. The number of carbonyl (C=O) groups is 2. The maximum atomic E-state index is 14.0. The molecule has 1 fully saturated rings. The summed E-state index contributed by atoms with van der Waals surface area (Å²) in [6.45, 7) is 0. The van der Waals surface area contributed by atoms with E-state index in [2.05, 4.69) is 10.3 Å². The average Bonchev–Trinajstić information content (AvgIpc) is 2.87. The van der Waals surface area contributed by atoms with Crippen LogP contribution < -0.4 is 29.2 Å². The number of rotatable bonds is 8. The third kappa shape index (κ3) is 3.75. The Hall–Kier alpha value is -4.27. The van der Waals surface area contributed by atoms with Gasteiger partial charge in [-0.3, -0.25) is 19.5 Å². The van der Waals surface area contributed by atoms with Gasteiger partial charge >= 0.3 is 0 Å². The number of methoxy groups -OCH3 is 4. The van der Waals surface area contributed by atoms with Crippen molar-refractivity contribution < 1.29 is 28.5 Å². The molecule has 0 spiro atoms. The fourth-order valence-corrected chi connectivity index (χ4v) is 4.06. The lowest BCUT2D eigenvalue weighted by atomic mass is 9.78. The zero-order chi connectivity index (χ0) is 24.3.